The van der Waals surface area contributed by atoms with Crippen molar-refractivity contribution < 1.29 is 13.5 Å². The molecule has 1 atom stereocenters. The molecule has 0 amide bonds. The third-order valence-electron chi connectivity index (χ3n) is 2.48. The lowest BCUT2D eigenvalue weighted by atomic mass is 10.0. The Hall–Kier alpha value is -1.16. The molecule has 1 aromatic rings. The molecular weight excluding hydrogens is 188 g/mol. The largest absolute Gasteiger partial charge is 0.491 e. The van der Waals surface area contributed by atoms with Gasteiger partial charge in [0, 0.05) is 0 Å². The van der Waals surface area contributed by atoms with E-state index in [9.17, 15) is 8.78 Å². The van der Waals surface area contributed by atoms with E-state index in [1.807, 2.05) is 0 Å². The first-order valence-corrected chi connectivity index (χ1v) is 4.43. The molecule has 0 fully saturated rings. The molecule has 0 radical (unpaired) electrons. The van der Waals surface area contributed by atoms with Gasteiger partial charge < -0.3 is 10.1 Å². The average molecular weight is 199 g/mol. The van der Waals surface area contributed by atoms with Crippen molar-refractivity contribution in [2.24, 2.45) is 0 Å². The topological polar surface area (TPSA) is 21.3 Å². The van der Waals surface area contributed by atoms with Crippen LogP contribution in [-0.4, -0.2) is 13.7 Å². The van der Waals surface area contributed by atoms with Crippen LogP contribution in [-0.2, 0) is 0 Å². The minimum absolute atomic E-state index is 0.251. The van der Waals surface area contributed by atoms with Crippen molar-refractivity contribution in [3.63, 3.8) is 0 Å². The second-order valence-corrected chi connectivity index (χ2v) is 3.38. The zero-order valence-electron chi connectivity index (χ0n) is 8.03. The molecule has 4 heteroatoms. The summed E-state index contributed by atoms with van der Waals surface area (Å²) in [5, 5.41) is 2.88. The van der Waals surface area contributed by atoms with Gasteiger partial charge in [0.25, 0.3) is 0 Å². The summed E-state index contributed by atoms with van der Waals surface area (Å²) in [5.41, 5.74) is 0.946. The summed E-state index contributed by atoms with van der Waals surface area (Å²) in [4.78, 5) is 0. The number of rotatable bonds is 1. The lowest BCUT2D eigenvalue weighted by molar-refractivity contribution is 0.316. The van der Waals surface area contributed by atoms with Gasteiger partial charge in [-0.15, -0.1) is 0 Å². The Balaban J connectivity index is 2.62. The van der Waals surface area contributed by atoms with E-state index in [4.69, 9.17) is 4.74 Å². The highest BCUT2D eigenvalue weighted by molar-refractivity contribution is 5.46. The van der Waals surface area contributed by atoms with Crippen LogP contribution in [0.3, 0.4) is 0 Å². The minimum Gasteiger partial charge on any atom is -0.491 e. The average Bonchev–Trinajstić information content (AvgIpc) is 2.58. The second-order valence-electron chi connectivity index (χ2n) is 3.38. The molecule has 1 aliphatic heterocycles. The summed E-state index contributed by atoms with van der Waals surface area (Å²) in [6, 6.07) is 0.908. The molecule has 1 unspecified atom stereocenters. The van der Waals surface area contributed by atoms with Gasteiger partial charge in [0.1, 0.15) is 12.4 Å². The molecule has 2 rings (SSSR count). The van der Waals surface area contributed by atoms with Crippen LogP contribution in [0.25, 0.3) is 0 Å². The number of nitrogens with one attached hydrogen (secondary N) is 1. The summed E-state index contributed by atoms with van der Waals surface area (Å²) >= 11 is 0. The molecule has 0 aromatic heterocycles. The Morgan fingerprint density at radius 2 is 2.21 bits per heavy atom. The van der Waals surface area contributed by atoms with Crippen molar-refractivity contribution in [1.82, 2.24) is 5.32 Å². The van der Waals surface area contributed by atoms with Crippen LogP contribution in [0.15, 0.2) is 6.07 Å². The lowest BCUT2D eigenvalue weighted by Gasteiger charge is -2.08. The van der Waals surface area contributed by atoms with Crippen molar-refractivity contribution >= 4 is 0 Å². The van der Waals surface area contributed by atoms with E-state index in [1.165, 1.54) is 0 Å². The normalized spacial score (nSPS) is 19.3. The van der Waals surface area contributed by atoms with Gasteiger partial charge in [0.15, 0.2) is 11.6 Å². The first-order valence-electron chi connectivity index (χ1n) is 4.43. The molecule has 0 bridgehead atoms. The monoisotopic (exact) mass is 199 g/mol. The molecule has 1 heterocycles. The highest BCUT2D eigenvalue weighted by Crippen LogP contribution is 2.37. The number of aryl methyl sites for hydroxylation is 1. The first-order chi connectivity index (χ1) is 6.65. The molecule has 0 spiro atoms. The number of benzene rings is 1. The van der Waals surface area contributed by atoms with Crippen molar-refractivity contribution in [2.75, 3.05) is 13.7 Å². The van der Waals surface area contributed by atoms with Crippen LogP contribution in [0.5, 0.6) is 5.75 Å². The Morgan fingerprint density at radius 3 is 2.86 bits per heavy atom. The van der Waals surface area contributed by atoms with Crippen molar-refractivity contribution in [3.05, 3.63) is 28.8 Å². The number of hydrogen-bond acceptors (Lipinski definition) is 2. The molecule has 0 saturated carbocycles. The maximum Gasteiger partial charge on any atom is 0.167 e. The maximum absolute atomic E-state index is 13.4. The second kappa shape index (κ2) is 3.20. The van der Waals surface area contributed by atoms with Gasteiger partial charge in [-0.1, -0.05) is 0 Å². The zero-order valence-corrected chi connectivity index (χ0v) is 8.03. The quantitative estimate of drug-likeness (QED) is 0.746. The van der Waals surface area contributed by atoms with Crippen LogP contribution >= 0.6 is 0 Å². The summed E-state index contributed by atoms with van der Waals surface area (Å²) in [6.45, 7) is 2.06. The van der Waals surface area contributed by atoms with E-state index in [-0.39, 0.29) is 6.04 Å². The van der Waals surface area contributed by atoms with Crippen molar-refractivity contribution in [2.45, 2.75) is 13.0 Å². The third-order valence-corrected chi connectivity index (χ3v) is 2.48. The number of halogens is 2. The van der Waals surface area contributed by atoms with Gasteiger partial charge in [0.2, 0.25) is 0 Å². The lowest BCUT2D eigenvalue weighted by Crippen LogP contribution is -2.18. The zero-order chi connectivity index (χ0) is 10.3. The molecule has 0 aliphatic carbocycles. The fraction of sp³-hybridized carbons (Fsp3) is 0.400. The van der Waals surface area contributed by atoms with Gasteiger partial charge in [-0.25, -0.2) is 8.78 Å². The summed E-state index contributed by atoms with van der Waals surface area (Å²) in [7, 11) is 1.70. The van der Waals surface area contributed by atoms with Crippen LogP contribution in [0.1, 0.15) is 17.2 Å². The van der Waals surface area contributed by atoms with Gasteiger partial charge in [-0.2, -0.15) is 0 Å². The fourth-order valence-corrected chi connectivity index (χ4v) is 1.74. The molecule has 0 saturated heterocycles. The van der Waals surface area contributed by atoms with E-state index in [0.717, 1.165) is 6.07 Å². The SMILES string of the molecule is CNC1COc2c(C)cc(F)c(F)c21. The molecular formula is C10H11F2NO. The predicted molar refractivity (Wildman–Crippen MR) is 48.4 cm³/mol. The minimum atomic E-state index is -0.813. The number of fused-ring (bicyclic) bond motifs is 1. The van der Waals surface area contributed by atoms with E-state index in [1.54, 1.807) is 14.0 Å². The Kier molecular flexibility index (Phi) is 2.15. The van der Waals surface area contributed by atoms with Gasteiger partial charge in [-0.3, -0.25) is 0 Å². The van der Waals surface area contributed by atoms with Crippen LogP contribution in [0.4, 0.5) is 8.78 Å². The summed E-state index contributed by atoms with van der Waals surface area (Å²) in [5.74, 6) is -1.14. The molecule has 76 valence electrons. The van der Waals surface area contributed by atoms with E-state index >= 15 is 0 Å². The van der Waals surface area contributed by atoms with Crippen LogP contribution in [0.2, 0.25) is 0 Å². The van der Waals surface area contributed by atoms with Crippen molar-refractivity contribution in [1.29, 1.82) is 0 Å². The molecule has 1 aliphatic rings. The molecule has 1 aromatic carbocycles. The summed E-state index contributed by atoms with van der Waals surface area (Å²) in [6.07, 6.45) is 0. The smallest absolute Gasteiger partial charge is 0.167 e. The highest BCUT2D eigenvalue weighted by Gasteiger charge is 2.30. The van der Waals surface area contributed by atoms with E-state index in [0.29, 0.717) is 23.5 Å². The number of hydrogen-bond donors (Lipinski definition) is 1. The molecule has 2 nitrogen and oxygen atoms in total. The summed E-state index contributed by atoms with van der Waals surface area (Å²) < 4.78 is 31.8. The predicted octanol–water partition coefficient (Wildman–Crippen LogP) is 1.93. The van der Waals surface area contributed by atoms with Gasteiger partial charge in [0.05, 0.1) is 11.6 Å². The van der Waals surface area contributed by atoms with Crippen LogP contribution in [0, 0.1) is 18.6 Å². The number of likely N-dealkylation sites (N-methyl/N-ethyl adjacent to an activating group) is 1. The van der Waals surface area contributed by atoms with Crippen LogP contribution < -0.4 is 10.1 Å². The standard InChI is InChI=1S/C10H11F2NO/c1-5-3-6(11)9(12)8-7(13-2)4-14-10(5)8/h3,7,13H,4H2,1-2H3. The highest BCUT2D eigenvalue weighted by atomic mass is 19.2. The first kappa shape index (κ1) is 9.40. The van der Waals surface area contributed by atoms with E-state index in [2.05, 4.69) is 5.32 Å². The fourth-order valence-electron chi connectivity index (χ4n) is 1.74. The third kappa shape index (κ3) is 1.18. The number of ether oxygens (including phenoxy) is 1. The van der Waals surface area contributed by atoms with Crippen molar-refractivity contribution in [3.8, 4) is 5.75 Å². The molecule has 1 N–H and O–H groups in total. The van der Waals surface area contributed by atoms with Gasteiger partial charge >= 0.3 is 0 Å². The van der Waals surface area contributed by atoms with E-state index < -0.39 is 11.6 Å². The maximum atomic E-state index is 13.4. The Labute approximate surface area is 80.9 Å². The Bertz CT molecular complexity index is 379. The van der Waals surface area contributed by atoms with Gasteiger partial charge in [-0.05, 0) is 25.6 Å². The Morgan fingerprint density at radius 1 is 1.50 bits per heavy atom. The molecule has 14 heavy (non-hydrogen) atoms.